The standard InChI is InChI=1S/C18H15F13OS/c1-2-3-12(32)10-4-6-11(7-5-10)33-9-8-13(19,20)14(21,22)15(23,24)16(25,26)17(27,28)18(29,30)31/h4-7H,2-3,8-9H2,1H3. The van der Waals surface area contributed by atoms with Crippen molar-refractivity contribution in [3.63, 3.8) is 0 Å². The van der Waals surface area contributed by atoms with Crippen molar-refractivity contribution in [2.24, 2.45) is 0 Å². The van der Waals surface area contributed by atoms with Gasteiger partial charge in [0.1, 0.15) is 0 Å². The molecule has 0 spiro atoms. The van der Waals surface area contributed by atoms with Crippen LogP contribution in [0.3, 0.4) is 0 Å². The maximum absolute atomic E-state index is 13.7. The summed E-state index contributed by atoms with van der Waals surface area (Å²) < 4.78 is 170. The highest BCUT2D eigenvalue weighted by Gasteiger charge is 2.90. The van der Waals surface area contributed by atoms with Crippen LogP contribution >= 0.6 is 11.8 Å². The van der Waals surface area contributed by atoms with Gasteiger partial charge in [0.25, 0.3) is 0 Å². The van der Waals surface area contributed by atoms with Gasteiger partial charge in [-0.1, -0.05) is 19.1 Å². The summed E-state index contributed by atoms with van der Waals surface area (Å²) >= 11 is 0.340. The first-order valence-electron chi connectivity index (χ1n) is 8.89. The number of hydrogen-bond acceptors (Lipinski definition) is 2. The Bertz CT molecular complexity index is 816. The third-order valence-corrected chi connectivity index (χ3v) is 5.35. The summed E-state index contributed by atoms with van der Waals surface area (Å²) in [6, 6.07) is 4.88. The lowest BCUT2D eigenvalue weighted by molar-refractivity contribution is -0.439. The quantitative estimate of drug-likeness (QED) is 0.166. The highest BCUT2D eigenvalue weighted by molar-refractivity contribution is 7.99. The van der Waals surface area contributed by atoms with Crippen molar-refractivity contribution in [1.82, 2.24) is 0 Å². The first-order chi connectivity index (χ1) is 14.7. The number of Topliss-reactive ketones (excluding diaryl/α,β-unsaturated/α-hetero) is 1. The van der Waals surface area contributed by atoms with Crippen molar-refractivity contribution in [2.45, 2.75) is 66.9 Å². The van der Waals surface area contributed by atoms with E-state index in [0.717, 1.165) is 0 Å². The van der Waals surface area contributed by atoms with E-state index in [-0.39, 0.29) is 22.7 Å². The van der Waals surface area contributed by atoms with Gasteiger partial charge in [-0.15, -0.1) is 11.8 Å². The van der Waals surface area contributed by atoms with Gasteiger partial charge in [0.2, 0.25) is 0 Å². The number of rotatable bonds is 11. The van der Waals surface area contributed by atoms with Crippen LogP contribution in [0.2, 0.25) is 0 Å². The molecule has 0 aliphatic rings. The molecule has 1 aromatic carbocycles. The van der Waals surface area contributed by atoms with E-state index in [1.54, 1.807) is 6.92 Å². The fourth-order valence-corrected chi connectivity index (χ4v) is 3.29. The number of benzene rings is 1. The molecule has 15 heteroatoms. The molecule has 0 aliphatic carbocycles. The number of alkyl halides is 13. The Morgan fingerprint density at radius 1 is 0.727 bits per heavy atom. The molecule has 0 saturated carbocycles. The molecule has 0 amide bonds. The van der Waals surface area contributed by atoms with Crippen LogP contribution in [-0.4, -0.2) is 47.3 Å². The van der Waals surface area contributed by atoms with Gasteiger partial charge in [0.05, 0.1) is 0 Å². The Balaban J connectivity index is 3.01. The lowest BCUT2D eigenvalue weighted by Crippen LogP contribution is -2.70. The van der Waals surface area contributed by atoms with E-state index in [0.29, 0.717) is 18.2 Å². The average molecular weight is 526 g/mol. The second-order valence-electron chi connectivity index (χ2n) is 6.80. The summed E-state index contributed by atoms with van der Waals surface area (Å²) in [5.74, 6) is -38.1. The average Bonchev–Trinajstić information content (AvgIpc) is 2.67. The monoisotopic (exact) mass is 526 g/mol. The largest absolute Gasteiger partial charge is 0.460 e. The number of carbonyl (C=O) groups excluding carboxylic acids is 1. The van der Waals surface area contributed by atoms with Crippen molar-refractivity contribution in [3.05, 3.63) is 29.8 Å². The topological polar surface area (TPSA) is 17.1 Å². The first kappa shape index (κ1) is 29.4. The minimum Gasteiger partial charge on any atom is -0.294 e. The molecule has 33 heavy (non-hydrogen) atoms. The zero-order valence-electron chi connectivity index (χ0n) is 16.4. The van der Waals surface area contributed by atoms with E-state index in [4.69, 9.17) is 0 Å². The van der Waals surface area contributed by atoms with Gasteiger partial charge in [-0.05, 0) is 18.6 Å². The fourth-order valence-electron chi connectivity index (χ4n) is 2.36. The van der Waals surface area contributed by atoms with Crippen LogP contribution in [-0.2, 0) is 0 Å². The molecule has 0 atom stereocenters. The Hall–Kier alpha value is -1.67. The van der Waals surface area contributed by atoms with Crippen LogP contribution in [0.15, 0.2) is 29.2 Å². The van der Waals surface area contributed by atoms with E-state index >= 15 is 0 Å². The van der Waals surface area contributed by atoms with Crippen LogP contribution < -0.4 is 0 Å². The second kappa shape index (κ2) is 9.53. The zero-order chi connectivity index (χ0) is 26.1. The molecule has 1 aromatic rings. The SMILES string of the molecule is CCCC(=O)c1ccc(SCCC(F)(F)C(F)(F)C(F)(F)C(F)(F)C(F)(F)C(F)(F)F)cc1. The molecule has 1 rings (SSSR count). The maximum atomic E-state index is 13.7. The zero-order valence-corrected chi connectivity index (χ0v) is 17.2. The molecule has 0 radical (unpaired) electrons. The summed E-state index contributed by atoms with van der Waals surface area (Å²) in [4.78, 5) is 11.7. The van der Waals surface area contributed by atoms with E-state index in [1.165, 1.54) is 24.3 Å². The van der Waals surface area contributed by atoms with E-state index < -0.39 is 48.0 Å². The van der Waals surface area contributed by atoms with Gasteiger partial charge in [-0.3, -0.25) is 4.79 Å². The van der Waals surface area contributed by atoms with Crippen LogP contribution in [0.25, 0.3) is 0 Å². The molecular weight excluding hydrogens is 511 g/mol. The van der Waals surface area contributed by atoms with E-state index in [1.807, 2.05) is 0 Å². The second-order valence-corrected chi connectivity index (χ2v) is 7.96. The Kier molecular flexibility index (Phi) is 8.48. The molecule has 190 valence electrons. The Morgan fingerprint density at radius 2 is 1.18 bits per heavy atom. The summed E-state index contributed by atoms with van der Waals surface area (Å²) in [6.45, 7) is 1.72. The lowest BCUT2D eigenvalue weighted by atomic mass is 9.93. The molecule has 0 fully saturated rings. The van der Waals surface area contributed by atoms with Crippen molar-refractivity contribution in [1.29, 1.82) is 0 Å². The molecule has 0 aliphatic heterocycles. The number of thioether (sulfide) groups is 1. The van der Waals surface area contributed by atoms with Crippen molar-refractivity contribution < 1.29 is 61.9 Å². The molecule has 1 nitrogen and oxygen atoms in total. The number of carbonyl (C=O) groups is 1. The molecule has 0 bridgehead atoms. The van der Waals surface area contributed by atoms with E-state index in [9.17, 15) is 61.9 Å². The molecular formula is C18H15F13OS. The summed E-state index contributed by atoms with van der Waals surface area (Å²) in [6.07, 6.45) is -8.98. The fraction of sp³-hybridized carbons (Fsp3) is 0.611. The Labute approximate surface area is 182 Å². The van der Waals surface area contributed by atoms with Crippen LogP contribution in [0, 0.1) is 0 Å². The van der Waals surface area contributed by atoms with Crippen molar-refractivity contribution in [2.75, 3.05) is 5.75 Å². The first-order valence-corrected chi connectivity index (χ1v) is 9.87. The number of ketones is 1. The molecule has 0 heterocycles. The van der Waals surface area contributed by atoms with Crippen LogP contribution in [0.4, 0.5) is 57.1 Å². The van der Waals surface area contributed by atoms with Gasteiger partial charge in [-0.25, -0.2) is 0 Å². The molecule has 0 saturated heterocycles. The number of halogens is 13. The summed E-state index contributed by atoms with van der Waals surface area (Å²) in [5, 5.41) is 0. The lowest BCUT2D eigenvalue weighted by Gasteiger charge is -2.39. The highest BCUT2D eigenvalue weighted by atomic mass is 32.2. The predicted molar refractivity (Wildman–Crippen MR) is 91.8 cm³/mol. The highest BCUT2D eigenvalue weighted by Crippen LogP contribution is 2.60. The third-order valence-electron chi connectivity index (χ3n) is 4.34. The van der Waals surface area contributed by atoms with Gasteiger partial charge >= 0.3 is 35.8 Å². The van der Waals surface area contributed by atoms with Crippen LogP contribution in [0.5, 0.6) is 0 Å². The van der Waals surface area contributed by atoms with E-state index in [2.05, 4.69) is 0 Å². The maximum Gasteiger partial charge on any atom is 0.460 e. The van der Waals surface area contributed by atoms with Gasteiger partial charge < -0.3 is 0 Å². The van der Waals surface area contributed by atoms with Gasteiger partial charge in [0.15, 0.2) is 5.78 Å². The number of hydrogen-bond donors (Lipinski definition) is 0. The smallest absolute Gasteiger partial charge is 0.294 e. The normalized spacial score (nSPS) is 14.5. The van der Waals surface area contributed by atoms with Crippen LogP contribution in [0.1, 0.15) is 36.5 Å². The predicted octanol–water partition coefficient (Wildman–Crippen LogP) is 7.89. The minimum absolute atomic E-state index is 0.0721. The van der Waals surface area contributed by atoms with Gasteiger partial charge in [0, 0.05) is 29.1 Å². The minimum atomic E-state index is -7.89. The summed E-state index contributed by atoms with van der Waals surface area (Å²) in [7, 11) is 0. The Morgan fingerprint density at radius 3 is 1.61 bits per heavy atom. The van der Waals surface area contributed by atoms with Crippen molar-refractivity contribution >= 4 is 17.5 Å². The molecule has 0 unspecified atom stereocenters. The summed E-state index contributed by atoms with van der Waals surface area (Å²) in [5.41, 5.74) is 0.227. The molecule has 0 N–H and O–H groups in total. The molecule has 0 aromatic heterocycles. The van der Waals surface area contributed by atoms with Gasteiger partial charge in [-0.2, -0.15) is 57.1 Å². The third kappa shape index (κ3) is 5.37. The van der Waals surface area contributed by atoms with Crippen molar-refractivity contribution in [3.8, 4) is 0 Å².